The van der Waals surface area contributed by atoms with E-state index in [0.717, 1.165) is 79.6 Å². The van der Waals surface area contributed by atoms with Crippen molar-refractivity contribution >= 4 is 16.1 Å². The van der Waals surface area contributed by atoms with Gasteiger partial charge in [0.25, 0.3) is 0 Å². The van der Waals surface area contributed by atoms with Gasteiger partial charge in [-0.15, -0.1) is 0 Å². The first-order chi connectivity index (χ1) is 22.2. The molecule has 0 aromatic heterocycles. The van der Waals surface area contributed by atoms with Crippen molar-refractivity contribution in [3.8, 4) is 5.75 Å². The maximum atomic E-state index is 12.7. The van der Waals surface area contributed by atoms with Crippen molar-refractivity contribution in [2.75, 3.05) is 26.3 Å². The van der Waals surface area contributed by atoms with Crippen molar-refractivity contribution in [1.82, 2.24) is 9.62 Å². The van der Waals surface area contributed by atoms with Crippen LogP contribution in [0.1, 0.15) is 80.7 Å². The number of hydrogen-bond donors (Lipinski definition) is 1. The van der Waals surface area contributed by atoms with E-state index in [4.69, 9.17) is 18.9 Å². The largest absolute Gasteiger partial charge is 0.463 e. The maximum absolute atomic E-state index is 12.7. The van der Waals surface area contributed by atoms with Crippen molar-refractivity contribution in [1.29, 1.82) is 0 Å². The molecule has 9 nitrogen and oxygen atoms in total. The van der Waals surface area contributed by atoms with Gasteiger partial charge in [-0.25, -0.2) is 17.9 Å². The highest BCUT2D eigenvalue weighted by atomic mass is 32.2. The Morgan fingerprint density at radius 3 is 2.48 bits per heavy atom. The molecule has 1 atom stereocenters. The van der Waals surface area contributed by atoms with Gasteiger partial charge in [0.1, 0.15) is 11.9 Å². The molecule has 0 spiro atoms. The Kier molecular flexibility index (Phi) is 11.7. The second-order valence-corrected chi connectivity index (χ2v) is 14.2. The lowest BCUT2D eigenvalue weighted by molar-refractivity contribution is -0.180. The van der Waals surface area contributed by atoms with Crippen molar-refractivity contribution in [3.05, 3.63) is 95.1 Å². The van der Waals surface area contributed by atoms with E-state index in [1.165, 1.54) is 0 Å². The molecule has 3 aromatic rings. The summed E-state index contributed by atoms with van der Waals surface area (Å²) < 4.78 is 51.3. The third kappa shape index (κ3) is 9.78. The molecule has 1 N–H and O–H groups in total. The highest BCUT2D eigenvalue weighted by Gasteiger charge is 2.33. The zero-order valence-electron chi connectivity index (χ0n) is 26.9. The molecule has 1 amide bonds. The number of rotatable bonds is 17. The fraction of sp³-hybridized carbons (Fsp3) is 0.472. The molecular formula is C36H46N2O7S. The number of hydrogen-bond acceptors (Lipinski definition) is 7. The lowest BCUT2D eigenvalue weighted by Crippen LogP contribution is -2.35. The molecule has 248 valence electrons. The van der Waals surface area contributed by atoms with E-state index >= 15 is 0 Å². The molecule has 3 aromatic carbocycles. The predicted molar refractivity (Wildman–Crippen MR) is 176 cm³/mol. The fourth-order valence-corrected chi connectivity index (χ4v) is 6.73. The second-order valence-electron chi connectivity index (χ2n) is 12.4. The summed E-state index contributed by atoms with van der Waals surface area (Å²) in [5.74, 6) is 0.178. The van der Waals surface area contributed by atoms with Crippen LogP contribution in [0.5, 0.6) is 5.75 Å². The SMILES string of the molecule is CC1(C)OCc2cc([C@@H]3CN(CCCCCCOCCCCc4cccc(S(=O)(=O)NCc5ccccc5)c4)C(=O)O3)ccc2O1. The lowest BCUT2D eigenvalue weighted by Gasteiger charge is -2.32. The average Bonchev–Trinajstić information content (AvgIpc) is 3.42. The number of nitrogens with zero attached hydrogens (tertiary/aromatic N) is 1. The molecule has 5 rings (SSSR count). The van der Waals surface area contributed by atoms with E-state index in [0.29, 0.717) is 31.2 Å². The van der Waals surface area contributed by atoms with Crippen LogP contribution < -0.4 is 9.46 Å². The number of benzene rings is 3. The number of unbranched alkanes of at least 4 members (excludes halogenated alkanes) is 4. The van der Waals surface area contributed by atoms with Crippen LogP contribution in [0.15, 0.2) is 77.7 Å². The number of carbonyl (C=O) groups is 1. The Bertz CT molecular complexity index is 1540. The molecule has 0 bridgehead atoms. The third-order valence-electron chi connectivity index (χ3n) is 8.26. The van der Waals surface area contributed by atoms with Crippen molar-refractivity contribution in [3.63, 3.8) is 0 Å². The van der Waals surface area contributed by atoms with Gasteiger partial charge in [-0.05, 0) is 73.1 Å². The van der Waals surface area contributed by atoms with E-state index in [2.05, 4.69) is 4.72 Å². The van der Waals surface area contributed by atoms with E-state index in [1.54, 1.807) is 23.1 Å². The van der Waals surface area contributed by atoms with Gasteiger partial charge in [0.2, 0.25) is 15.8 Å². The molecule has 10 heteroatoms. The van der Waals surface area contributed by atoms with Crippen LogP contribution in [0.2, 0.25) is 0 Å². The second kappa shape index (κ2) is 15.9. The Labute approximate surface area is 273 Å². The summed E-state index contributed by atoms with van der Waals surface area (Å²) >= 11 is 0. The van der Waals surface area contributed by atoms with Gasteiger partial charge < -0.3 is 23.8 Å². The minimum atomic E-state index is -3.57. The first-order valence-corrected chi connectivity index (χ1v) is 17.8. The van der Waals surface area contributed by atoms with Crippen LogP contribution in [0, 0.1) is 0 Å². The van der Waals surface area contributed by atoms with Gasteiger partial charge in [0.05, 0.1) is 18.0 Å². The lowest BCUT2D eigenvalue weighted by atomic mass is 10.0. The summed E-state index contributed by atoms with van der Waals surface area (Å²) in [5, 5.41) is 0. The Morgan fingerprint density at radius 2 is 1.65 bits per heavy atom. The maximum Gasteiger partial charge on any atom is 0.410 e. The monoisotopic (exact) mass is 650 g/mol. The van der Waals surface area contributed by atoms with Crippen LogP contribution in [-0.2, 0) is 43.8 Å². The molecule has 46 heavy (non-hydrogen) atoms. The predicted octanol–water partition coefficient (Wildman–Crippen LogP) is 6.90. The molecule has 1 saturated heterocycles. The molecule has 2 aliphatic heterocycles. The van der Waals surface area contributed by atoms with E-state index in [1.807, 2.05) is 68.4 Å². The smallest absolute Gasteiger partial charge is 0.410 e. The first-order valence-electron chi connectivity index (χ1n) is 16.3. The first kappa shape index (κ1) is 33.9. The van der Waals surface area contributed by atoms with Crippen molar-refractivity contribution in [2.45, 2.75) is 88.7 Å². The Hall–Kier alpha value is -3.44. The van der Waals surface area contributed by atoms with Crippen LogP contribution in [0.4, 0.5) is 4.79 Å². The highest BCUT2D eigenvalue weighted by molar-refractivity contribution is 7.89. The number of cyclic esters (lactones) is 1. The number of nitrogens with one attached hydrogen (secondary N) is 1. The minimum Gasteiger partial charge on any atom is -0.463 e. The van der Waals surface area contributed by atoms with E-state index in [-0.39, 0.29) is 18.7 Å². The van der Waals surface area contributed by atoms with Gasteiger partial charge in [0, 0.05) is 45.7 Å². The molecule has 0 aliphatic carbocycles. The number of amides is 1. The number of carbonyl (C=O) groups excluding carboxylic acids is 1. The van der Waals surface area contributed by atoms with Gasteiger partial charge in [-0.2, -0.15) is 0 Å². The third-order valence-corrected chi connectivity index (χ3v) is 9.66. The summed E-state index contributed by atoms with van der Waals surface area (Å²) in [4.78, 5) is 14.5. The van der Waals surface area contributed by atoms with Gasteiger partial charge in [0.15, 0.2) is 0 Å². The zero-order chi connectivity index (χ0) is 32.4. The van der Waals surface area contributed by atoms with Gasteiger partial charge in [-0.3, -0.25) is 0 Å². The Morgan fingerprint density at radius 1 is 0.891 bits per heavy atom. The number of ether oxygens (including phenoxy) is 4. The summed E-state index contributed by atoms with van der Waals surface area (Å²) in [7, 11) is -3.57. The molecule has 0 radical (unpaired) electrons. The van der Waals surface area contributed by atoms with Crippen molar-refractivity contribution < 1.29 is 32.2 Å². The molecular weight excluding hydrogens is 604 g/mol. The molecule has 1 fully saturated rings. The van der Waals surface area contributed by atoms with Gasteiger partial charge in [-0.1, -0.05) is 61.4 Å². The van der Waals surface area contributed by atoms with Crippen LogP contribution in [-0.4, -0.2) is 51.5 Å². The Balaban J connectivity index is 0.903. The topological polar surface area (TPSA) is 103 Å². The number of aryl methyl sites for hydroxylation is 1. The number of fused-ring (bicyclic) bond motifs is 1. The molecule has 0 unspecified atom stereocenters. The minimum absolute atomic E-state index is 0.257. The quantitative estimate of drug-likeness (QED) is 0.159. The molecule has 0 saturated carbocycles. The van der Waals surface area contributed by atoms with Crippen LogP contribution >= 0.6 is 0 Å². The molecule has 2 heterocycles. The number of sulfonamides is 1. The van der Waals surface area contributed by atoms with Crippen molar-refractivity contribution in [2.24, 2.45) is 0 Å². The molecule has 2 aliphatic rings. The summed E-state index contributed by atoms with van der Waals surface area (Å²) in [6.07, 6.45) is 6.11. The summed E-state index contributed by atoms with van der Waals surface area (Å²) in [5.41, 5.74) is 3.86. The zero-order valence-corrected chi connectivity index (χ0v) is 27.7. The van der Waals surface area contributed by atoms with Crippen LogP contribution in [0.3, 0.4) is 0 Å². The van der Waals surface area contributed by atoms with E-state index < -0.39 is 15.8 Å². The summed E-state index contributed by atoms with van der Waals surface area (Å²) in [6.45, 7) is 7.18. The van der Waals surface area contributed by atoms with Crippen LogP contribution in [0.25, 0.3) is 0 Å². The van der Waals surface area contributed by atoms with E-state index in [9.17, 15) is 13.2 Å². The van der Waals surface area contributed by atoms with Gasteiger partial charge >= 0.3 is 6.09 Å². The summed E-state index contributed by atoms with van der Waals surface area (Å²) in [6, 6.07) is 22.6. The standard InChI is InChI=1S/C36H46N2O7S/c1-36(2)43-27-31-24-30(18-19-33(31)45-36)34-26-38(35(39)44-34)20-9-3-4-10-21-42-22-11-8-13-28-16-12-17-32(23-28)46(40,41)37-25-29-14-6-5-7-15-29/h5-7,12,14-19,23-24,34,37H,3-4,8-11,13,20-22,25-27H2,1-2H3/t34-/m0/s1. The average molecular weight is 651 g/mol. The highest BCUT2D eigenvalue weighted by Crippen LogP contribution is 2.35. The fourth-order valence-electron chi connectivity index (χ4n) is 5.64. The normalized spacial score (nSPS) is 17.4.